The summed E-state index contributed by atoms with van der Waals surface area (Å²) in [4.78, 5) is 9.40. The number of benzene rings is 2. The Kier molecular flexibility index (Phi) is 4.92. The van der Waals surface area contributed by atoms with E-state index in [1.165, 1.54) is 16.5 Å². The molecule has 0 bridgehead atoms. The van der Waals surface area contributed by atoms with Gasteiger partial charge >= 0.3 is 0 Å². The summed E-state index contributed by atoms with van der Waals surface area (Å²) in [7, 11) is 0. The maximum Gasteiger partial charge on any atom is 0.0991 e. The summed E-state index contributed by atoms with van der Waals surface area (Å²) in [6, 6.07) is 20.8. The molecule has 2 aromatic carbocycles. The third kappa shape index (κ3) is 3.91. The summed E-state index contributed by atoms with van der Waals surface area (Å²) in [5.41, 5.74) is 4.41. The molecule has 0 atom stereocenters. The average molecular weight is 342 g/mol. The van der Waals surface area contributed by atoms with E-state index in [4.69, 9.17) is 5.26 Å². The molecule has 130 valence electrons. The van der Waals surface area contributed by atoms with Crippen LogP contribution in [0.4, 0.5) is 0 Å². The predicted molar refractivity (Wildman–Crippen MR) is 103 cm³/mol. The topological polar surface area (TPSA) is 43.2 Å². The molecule has 1 aromatic heterocycles. The van der Waals surface area contributed by atoms with Crippen molar-refractivity contribution in [3.05, 3.63) is 77.5 Å². The van der Waals surface area contributed by atoms with Crippen molar-refractivity contribution in [2.24, 2.45) is 0 Å². The fourth-order valence-electron chi connectivity index (χ4n) is 3.53. The van der Waals surface area contributed by atoms with E-state index in [1.54, 1.807) is 0 Å². The van der Waals surface area contributed by atoms with Gasteiger partial charge in [0.15, 0.2) is 0 Å². The highest BCUT2D eigenvalue weighted by molar-refractivity contribution is 5.78. The Morgan fingerprint density at radius 2 is 1.50 bits per heavy atom. The summed E-state index contributed by atoms with van der Waals surface area (Å²) in [5.74, 6) is 0. The maximum absolute atomic E-state index is 8.89. The van der Waals surface area contributed by atoms with Crippen molar-refractivity contribution >= 4 is 10.9 Å². The molecule has 2 heterocycles. The van der Waals surface area contributed by atoms with E-state index < -0.39 is 0 Å². The quantitative estimate of drug-likeness (QED) is 0.729. The molecular weight excluding hydrogens is 320 g/mol. The molecule has 3 aromatic rings. The average Bonchev–Trinajstić information content (AvgIpc) is 2.70. The molecule has 26 heavy (non-hydrogen) atoms. The lowest BCUT2D eigenvalue weighted by molar-refractivity contribution is 0.122. The zero-order chi connectivity index (χ0) is 17.8. The highest BCUT2D eigenvalue weighted by Gasteiger charge is 2.17. The lowest BCUT2D eigenvalue weighted by Crippen LogP contribution is -2.45. The first kappa shape index (κ1) is 16.7. The van der Waals surface area contributed by atoms with Gasteiger partial charge < -0.3 is 0 Å². The van der Waals surface area contributed by atoms with Crippen molar-refractivity contribution in [2.45, 2.75) is 13.1 Å². The summed E-state index contributed by atoms with van der Waals surface area (Å²) in [6.45, 7) is 6.28. The molecule has 0 radical (unpaired) electrons. The van der Waals surface area contributed by atoms with Gasteiger partial charge in [-0.25, -0.2) is 0 Å². The minimum absolute atomic E-state index is 0.726. The van der Waals surface area contributed by atoms with Crippen molar-refractivity contribution in [3.8, 4) is 6.07 Å². The number of hydrogen-bond acceptors (Lipinski definition) is 4. The zero-order valence-electron chi connectivity index (χ0n) is 14.8. The number of hydrogen-bond donors (Lipinski definition) is 0. The van der Waals surface area contributed by atoms with Gasteiger partial charge in [0, 0.05) is 50.9 Å². The van der Waals surface area contributed by atoms with Crippen LogP contribution in [0, 0.1) is 11.3 Å². The molecular formula is C22H22N4. The number of nitrogens with zero attached hydrogens (tertiary/aromatic N) is 4. The van der Waals surface area contributed by atoms with Gasteiger partial charge in [0.2, 0.25) is 0 Å². The van der Waals surface area contributed by atoms with Crippen LogP contribution in [0.1, 0.15) is 16.7 Å². The second-order valence-corrected chi connectivity index (χ2v) is 6.89. The van der Waals surface area contributed by atoms with Gasteiger partial charge in [-0.05, 0) is 41.5 Å². The largest absolute Gasteiger partial charge is 0.297 e. The molecule has 0 aliphatic carbocycles. The SMILES string of the molecule is N#Cc1ccc(CN2CCN(Cc3ccc4ncccc4c3)CC2)cc1. The van der Waals surface area contributed by atoms with Gasteiger partial charge in [0.05, 0.1) is 17.1 Å². The zero-order valence-corrected chi connectivity index (χ0v) is 14.8. The van der Waals surface area contributed by atoms with E-state index in [0.717, 1.165) is 50.3 Å². The van der Waals surface area contributed by atoms with Gasteiger partial charge in [-0.2, -0.15) is 5.26 Å². The molecule has 0 spiro atoms. The molecule has 0 amide bonds. The Bertz CT molecular complexity index is 919. The van der Waals surface area contributed by atoms with E-state index in [-0.39, 0.29) is 0 Å². The van der Waals surface area contributed by atoms with Crippen molar-refractivity contribution < 1.29 is 0 Å². The normalized spacial score (nSPS) is 15.8. The van der Waals surface area contributed by atoms with Crippen LogP contribution < -0.4 is 0 Å². The van der Waals surface area contributed by atoms with Crippen molar-refractivity contribution in [3.63, 3.8) is 0 Å². The third-order valence-corrected chi connectivity index (χ3v) is 5.03. The first-order valence-corrected chi connectivity index (χ1v) is 9.07. The summed E-state index contributed by atoms with van der Waals surface area (Å²) in [5, 5.41) is 10.1. The predicted octanol–water partition coefficient (Wildman–Crippen LogP) is 3.42. The Morgan fingerprint density at radius 1 is 0.846 bits per heavy atom. The molecule has 0 N–H and O–H groups in total. The monoisotopic (exact) mass is 342 g/mol. The lowest BCUT2D eigenvalue weighted by atomic mass is 10.1. The van der Waals surface area contributed by atoms with Crippen LogP contribution in [0.2, 0.25) is 0 Å². The van der Waals surface area contributed by atoms with Crippen LogP contribution in [-0.4, -0.2) is 41.0 Å². The molecule has 4 heteroatoms. The minimum Gasteiger partial charge on any atom is -0.297 e. The van der Waals surface area contributed by atoms with Gasteiger partial charge in [-0.1, -0.05) is 24.3 Å². The number of rotatable bonds is 4. The van der Waals surface area contributed by atoms with Gasteiger partial charge in [-0.3, -0.25) is 14.8 Å². The third-order valence-electron chi connectivity index (χ3n) is 5.03. The van der Waals surface area contributed by atoms with Crippen LogP contribution in [0.15, 0.2) is 60.8 Å². The lowest BCUT2D eigenvalue weighted by Gasteiger charge is -2.34. The minimum atomic E-state index is 0.726. The van der Waals surface area contributed by atoms with Crippen LogP contribution in [0.5, 0.6) is 0 Å². The molecule has 1 aliphatic heterocycles. The van der Waals surface area contributed by atoms with Gasteiger partial charge in [0.1, 0.15) is 0 Å². The van der Waals surface area contributed by atoms with E-state index in [9.17, 15) is 0 Å². The Hall–Kier alpha value is -2.74. The first-order chi connectivity index (χ1) is 12.8. The number of nitriles is 1. The van der Waals surface area contributed by atoms with E-state index in [0.29, 0.717) is 0 Å². The number of aromatic nitrogens is 1. The maximum atomic E-state index is 8.89. The fraction of sp³-hybridized carbons (Fsp3) is 0.273. The molecule has 4 rings (SSSR count). The number of pyridine rings is 1. The summed E-state index contributed by atoms with van der Waals surface area (Å²) in [6.07, 6.45) is 1.84. The molecule has 1 saturated heterocycles. The Labute approximate surface area is 154 Å². The summed E-state index contributed by atoms with van der Waals surface area (Å²) < 4.78 is 0. The standard InChI is InChI=1S/C22H22N4/c23-15-18-3-5-19(6-4-18)16-25-10-12-26(13-11-25)17-20-7-8-22-21(14-20)2-1-9-24-22/h1-9,14H,10-13,16-17H2. The van der Waals surface area contributed by atoms with E-state index >= 15 is 0 Å². The van der Waals surface area contributed by atoms with E-state index in [2.05, 4.69) is 57.3 Å². The smallest absolute Gasteiger partial charge is 0.0991 e. The van der Waals surface area contributed by atoms with Crippen LogP contribution in [0.25, 0.3) is 10.9 Å². The van der Waals surface area contributed by atoms with Gasteiger partial charge in [-0.15, -0.1) is 0 Å². The van der Waals surface area contributed by atoms with Crippen molar-refractivity contribution in [1.29, 1.82) is 5.26 Å². The molecule has 0 saturated carbocycles. The molecule has 1 fully saturated rings. The Morgan fingerprint density at radius 3 is 2.19 bits per heavy atom. The van der Waals surface area contributed by atoms with Crippen LogP contribution in [-0.2, 0) is 13.1 Å². The number of fused-ring (bicyclic) bond motifs is 1. The Balaban J connectivity index is 1.32. The van der Waals surface area contributed by atoms with Crippen LogP contribution >= 0.6 is 0 Å². The molecule has 1 aliphatic rings. The number of piperazine rings is 1. The highest BCUT2D eigenvalue weighted by atomic mass is 15.3. The van der Waals surface area contributed by atoms with Crippen molar-refractivity contribution in [1.82, 2.24) is 14.8 Å². The fourth-order valence-corrected chi connectivity index (χ4v) is 3.53. The summed E-state index contributed by atoms with van der Waals surface area (Å²) >= 11 is 0. The second-order valence-electron chi connectivity index (χ2n) is 6.89. The van der Waals surface area contributed by atoms with E-state index in [1.807, 2.05) is 24.4 Å². The molecule has 0 unspecified atom stereocenters. The first-order valence-electron chi connectivity index (χ1n) is 9.07. The van der Waals surface area contributed by atoms with Gasteiger partial charge in [0.25, 0.3) is 0 Å². The highest BCUT2D eigenvalue weighted by Crippen LogP contribution is 2.16. The van der Waals surface area contributed by atoms with Crippen molar-refractivity contribution in [2.75, 3.05) is 26.2 Å². The van der Waals surface area contributed by atoms with Crippen LogP contribution in [0.3, 0.4) is 0 Å². The molecule has 4 nitrogen and oxygen atoms in total. The second kappa shape index (κ2) is 7.65.